The fraction of sp³-hybridized carbons (Fsp3) is 0.444. The smallest absolute Gasteiger partial charge is 0.267 e. The lowest BCUT2D eigenvalue weighted by Gasteiger charge is -2.36. The molecular formula is C18H21N3O4. The number of nitrogens with one attached hydrogen (secondary N) is 1. The first kappa shape index (κ1) is 17.1. The third-order valence-electron chi connectivity index (χ3n) is 4.22. The van der Waals surface area contributed by atoms with Crippen molar-refractivity contribution in [2.24, 2.45) is 0 Å². The van der Waals surface area contributed by atoms with E-state index in [1.165, 1.54) is 0 Å². The summed E-state index contributed by atoms with van der Waals surface area (Å²) in [6.45, 7) is 3.13. The maximum absolute atomic E-state index is 12.6. The van der Waals surface area contributed by atoms with Crippen molar-refractivity contribution in [1.82, 2.24) is 15.1 Å². The molecule has 2 aliphatic heterocycles. The van der Waals surface area contributed by atoms with Crippen LogP contribution in [-0.2, 0) is 9.59 Å². The number of terminal acetylenes is 1. The SMILES string of the molecule is C#CCNC(=O)CN1CCN(C(=O)[C@@H]2COc3ccccc3O2)CC1. The number of rotatable bonds is 4. The first-order chi connectivity index (χ1) is 12.2. The van der Waals surface area contributed by atoms with Gasteiger partial charge in [-0.25, -0.2) is 0 Å². The van der Waals surface area contributed by atoms with Gasteiger partial charge in [0.05, 0.1) is 13.1 Å². The largest absolute Gasteiger partial charge is 0.485 e. The van der Waals surface area contributed by atoms with Gasteiger partial charge in [0.25, 0.3) is 5.91 Å². The maximum Gasteiger partial charge on any atom is 0.267 e. The van der Waals surface area contributed by atoms with Crippen LogP contribution in [0.1, 0.15) is 0 Å². The molecule has 1 aromatic carbocycles. The van der Waals surface area contributed by atoms with E-state index in [-0.39, 0.29) is 25.0 Å². The van der Waals surface area contributed by atoms with Gasteiger partial charge in [0.2, 0.25) is 12.0 Å². The van der Waals surface area contributed by atoms with Crippen molar-refractivity contribution >= 4 is 11.8 Å². The van der Waals surface area contributed by atoms with Crippen molar-refractivity contribution in [2.45, 2.75) is 6.10 Å². The summed E-state index contributed by atoms with van der Waals surface area (Å²) in [6.07, 6.45) is 4.49. The lowest BCUT2D eigenvalue weighted by molar-refractivity contribution is -0.143. The quantitative estimate of drug-likeness (QED) is 0.762. The zero-order chi connectivity index (χ0) is 17.6. The van der Waals surface area contributed by atoms with Gasteiger partial charge >= 0.3 is 0 Å². The molecule has 2 heterocycles. The van der Waals surface area contributed by atoms with Crippen LogP contribution in [0.4, 0.5) is 0 Å². The summed E-state index contributed by atoms with van der Waals surface area (Å²) in [4.78, 5) is 28.1. The number of hydrogen-bond donors (Lipinski definition) is 1. The number of hydrogen-bond acceptors (Lipinski definition) is 5. The van der Waals surface area contributed by atoms with Crippen molar-refractivity contribution in [2.75, 3.05) is 45.9 Å². The number of benzene rings is 1. The molecule has 0 saturated carbocycles. The van der Waals surface area contributed by atoms with Crippen LogP contribution in [0.2, 0.25) is 0 Å². The van der Waals surface area contributed by atoms with Crippen molar-refractivity contribution in [3.8, 4) is 23.8 Å². The van der Waals surface area contributed by atoms with Gasteiger partial charge in [-0.15, -0.1) is 6.42 Å². The second kappa shape index (κ2) is 7.90. The Kier molecular flexibility index (Phi) is 5.41. The molecule has 0 aromatic heterocycles. The topological polar surface area (TPSA) is 71.1 Å². The Bertz CT molecular complexity index is 677. The first-order valence-electron chi connectivity index (χ1n) is 8.27. The molecule has 1 saturated heterocycles. The average Bonchev–Trinajstić information content (AvgIpc) is 2.66. The predicted molar refractivity (Wildman–Crippen MR) is 91.2 cm³/mol. The van der Waals surface area contributed by atoms with Crippen LogP contribution >= 0.6 is 0 Å². The fourth-order valence-electron chi connectivity index (χ4n) is 2.88. The summed E-state index contributed by atoms with van der Waals surface area (Å²) >= 11 is 0. The van der Waals surface area contributed by atoms with Gasteiger partial charge in [-0.2, -0.15) is 0 Å². The monoisotopic (exact) mass is 343 g/mol. The van der Waals surface area contributed by atoms with Crippen LogP contribution in [0.3, 0.4) is 0 Å². The maximum atomic E-state index is 12.6. The Balaban J connectivity index is 1.48. The minimum Gasteiger partial charge on any atom is -0.485 e. The van der Waals surface area contributed by atoms with Crippen molar-refractivity contribution in [3.63, 3.8) is 0 Å². The molecule has 7 heteroatoms. The molecule has 1 fully saturated rings. The van der Waals surface area contributed by atoms with Gasteiger partial charge in [0.1, 0.15) is 6.61 Å². The van der Waals surface area contributed by atoms with Crippen LogP contribution in [0.5, 0.6) is 11.5 Å². The van der Waals surface area contributed by atoms with Crippen LogP contribution < -0.4 is 14.8 Å². The second-order valence-corrected chi connectivity index (χ2v) is 5.95. The highest BCUT2D eigenvalue weighted by Gasteiger charge is 2.32. The zero-order valence-electron chi connectivity index (χ0n) is 13.9. The highest BCUT2D eigenvalue weighted by molar-refractivity contribution is 5.82. The summed E-state index contributed by atoms with van der Waals surface area (Å²) in [5, 5.41) is 2.64. The number of ether oxygens (including phenoxy) is 2. The number of nitrogens with zero attached hydrogens (tertiary/aromatic N) is 2. The number of para-hydroxylation sites is 2. The molecular weight excluding hydrogens is 322 g/mol. The number of amides is 2. The van der Waals surface area contributed by atoms with Gasteiger partial charge in [0, 0.05) is 26.2 Å². The Morgan fingerprint density at radius 2 is 1.92 bits per heavy atom. The molecule has 25 heavy (non-hydrogen) atoms. The summed E-state index contributed by atoms with van der Waals surface area (Å²) in [7, 11) is 0. The van der Waals surface area contributed by atoms with Gasteiger partial charge in [-0.1, -0.05) is 18.1 Å². The van der Waals surface area contributed by atoms with E-state index in [1.807, 2.05) is 23.1 Å². The number of carbonyl (C=O) groups excluding carboxylic acids is 2. The van der Waals surface area contributed by atoms with E-state index >= 15 is 0 Å². The molecule has 2 aliphatic rings. The van der Waals surface area contributed by atoms with Gasteiger partial charge in [-0.3, -0.25) is 14.5 Å². The van der Waals surface area contributed by atoms with E-state index in [0.29, 0.717) is 44.2 Å². The van der Waals surface area contributed by atoms with E-state index in [1.54, 1.807) is 11.0 Å². The molecule has 1 atom stereocenters. The van der Waals surface area contributed by atoms with Crippen molar-refractivity contribution in [3.05, 3.63) is 24.3 Å². The molecule has 0 unspecified atom stereocenters. The van der Waals surface area contributed by atoms with Crippen LogP contribution in [0.15, 0.2) is 24.3 Å². The molecule has 1 N–H and O–H groups in total. The highest BCUT2D eigenvalue weighted by atomic mass is 16.6. The standard InChI is InChI=1S/C18H21N3O4/c1-2-7-19-17(22)12-20-8-10-21(11-9-20)18(23)16-13-24-14-5-3-4-6-15(14)25-16/h1,3-6,16H,7-13H2,(H,19,22)/t16-/m0/s1. The number of fused-ring (bicyclic) bond motifs is 1. The Morgan fingerprint density at radius 3 is 2.64 bits per heavy atom. The van der Waals surface area contributed by atoms with Crippen LogP contribution in [-0.4, -0.2) is 73.6 Å². The van der Waals surface area contributed by atoms with Gasteiger partial charge < -0.3 is 19.7 Å². The van der Waals surface area contributed by atoms with Crippen LogP contribution in [0.25, 0.3) is 0 Å². The molecule has 0 aliphatic carbocycles. The van der Waals surface area contributed by atoms with E-state index in [0.717, 1.165) is 0 Å². The molecule has 0 radical (unpaired) electrons. The molecule has 0 spiro atoms. The minimum absolute atomic E-state index is 0.0778. The molecule has 0 bridgehead atoms. The zero-order valence-corrected chi connectivity index (χ0v) is 13.9. The molecule has 132 valence electrons. The van der Waals surface area contributed by atoms with E-state index < -0.39 is 6.10 Å². The first-order valence-corrected chi connectivity index (χ1v) is 8.27. The average molecular weight is 343 g/mol. The summed E-state index contributed by atoms with van der Waals surface area (Å²) < 4.78 is 11.4. The number of piperazine rings is 1. The van der Waals surface area contributed by atoms with Crippen LogP contribution in [0, 0.1) is 12.3 Å². The molecule has 1 aromatic rings. The van der Waals surface area contributed by atoms with E-state index in [9.17, 15) is 9.59 Å². The lowest BCUT2D eigenvalue weighted by Crippen LogP contribution is -2.55. The van der Waals surface area contributed by atoms with Gasteiger partial charge in [0.15, 0.2) is 11.5 Å². The molecule has 7 nitrogen and oxygen atoms in total. The second-order valence-electron chi connectivity index (χ2n) is 5.95. The van der Waals surface area contributed by atoms with Crippen molar-refractivity contribution < 1.29 is 19.1 Å². The van der Waals surface area contributed by atoms with Gasteiger partial charge in [-0.05, 0) is 12.1 Å². The fourth-order valence-corrected chi connectivity index (χ4v) is 2.88. The molecule has 2 amide bonds. The third-order valence-corrected chi connectivity index (χ3v) is 4.22. The summed E-state index contributed by atoms with van der Waals surface area (Å²) in [6, 6.07) is 7.32. The summed E-state index contributed by atoms with van der Waals surface area (Å²) in [5.74, 6) is 3.45. The minimum atomic E-state index is -0.625. The Hall–Kier alpha value is -2.72. The summed E-state index contributed by atoms with van der Waals surface area (Å²) in [5.41, 5.74) is 0. The Morgan fingerprint density at radius 1 is 1.20 bits per heavy atom. The Labute approximate surface area is 146 Å². The van der Waals surface area contributed by atoms with E-state index in [4.69, 9.17) is 15.9 Å². The van der Waals surface area contributed by atoms with Crippen molar-refractivity contribution in [1.29, 1.82) is 0 Å². The predicted octanol–water partition coefficient (Wildman–Crippen LogP) is -0.280. The normalized spacial score (nSPS) is 19.8. The lowest BCUT2D eigenvalue weighted by atomic mass is 10.2. The third kappa shape index (κ3) is 4.22. The van der Waals surface area contributed by atoms with E-state index in [2.05, 4.69) is 11.2 Å². The number of carbonyl (C=O) groups is 2. The highest BCUT2D eigenvalue weighted by Crippen LogP contribution is 2.31. The molecule has 3 rings (SSSR count).